The van der Waals surface area contributed by atoms with Crippen LogP contribution in [0.15, 0.2) is 33.9 Å². The number of carbonyl (C=O) groups excluding carboxylic acids is 1. The van der Waals surface area contributed by atoms with Gasteiger partial charge in [-0.15, -0.1) is 0 Å². The number of aryl methyl sites for hydroxylation is 3. The summed E-state index contributed by atoms with van der Waals surface area (Å²) >= 11 is 0. The van der Waals surface area contributed by atoms with Gasteiger partial charge in [-0.3, -0.25) is 4.79 Å². The van der Waals surface area contributed by atoms with Gasteiger partial charge in [-0.05, 0) is 53.7 Å². The molecule has 0 aliphatic heterocycles. The molecule has 0 aliphatic carbocycles. The van der Waals surface area contributed by atoms with E-state index in [2.05, 4.69) is 34.0 Å². The normalized spacial score (nSPS) is 11.7. The molecule has 0 aromatic carbocycles. The summed E-state index contributed by atoms with van der Waals surface area (Å²) in [5, 5.41) is 8.53. The molecular weight excluding hydrogens is 342 g/mol. The van der Waals surface area contributed by atoms with Crippen molar-refractivity contribution in [3.05, 3.63) is 58.4 Å². The van der Waals surface area contributed by atoms with Crippen molar-refractivity contribution in [3.8, 4) is 5.82 Å². The Labute approximate surface area is 158 Å². The summed E-state index contributed by atoms with van der Waals surface area (Å²) in [6.45, 7) is 11.8. The third-order valence-corrected chi connectivity index (χ3v) is 4.49. The molecule has 0 unspecified atom stereocenters. The second-order valence-electron chi connectivity index (χ2n) is 6.92. The number of aromatic nitrogens is 3. The van der Waals surface area contributed by atoms with Crippen LogP contribution in [-0.2, 0) is 0 Å². The molecule has 0 radical (unpaired) electrons. The highest BCUT2D eigenvalue weighted by atomic mass is 16.3. The molecule has 0 saturated heterocycles. The summed E-state index contributed by atoms with van der Waals surface area (Å²) in [5.41, 5.74) is 6.10. The summed E-state index contributed by atoms with van der Waals surface area (Å²) in [4.78, 5) is 12.2. The van der Waals surface area contributed by atoms with E-state index in [1.807, 2.05) is 37.6 Å². The van der Waals surface area contributed by atoms with E-state index in [-0.39, 0.29) is 11.9 Å². The van der Waals surface area contributed by atoms with Crippen molar-refractivity contribution in [3.63, 3.8) is 0 Å². The fourth-order valence-electron chi connectivity index (χ4n) is 3.23. The Morgan fingerprint density at radius 3 is 2.63 bits per heavy atom. The molecule has 27 heavy (non-hydrogen) atoms. The molecule has 1 N–H and O–H groups in total. The zero-order chi connectivity index (χ0) is 19.7. The van der Waals surface area contributed by atoms with Gasteiger partial charge >= 0.3 is 0 Å². The highest BCUT2D eigenvalue weighted by molar-refractivity contribution is 5.96. The predicted octanol–water partition coefficient (Wildman–Crippen LogP) is 3.85. The van der Waals surface area contributed by atoms with E-state index in [4.69, 9.17) is 4.42 Å². The second-order valence-corrected chi connectivity index (χ2v) is 6.92. The predicted molar refractivity (Wildman–Crippen MR) is 105 cm³/mol. The van der Waals surface area contributed by atoms with Gasteiger partial charge in [0, 0.05) is 29.1 Å². The molecule has 0 bridgehead atoms. The summed E-state index contributed by atoms with van der Waals surface area (Å²) < 4.78 is 9.50. The molecule has 0 spiro atoms. The van der Waals surface area contributed by atoms with Crippen molar-refractivity contribution in [2.45, 2.75) is 47.6 Å². The van der Waals surface area contributed by atoms with Crippen LogP contribution in [0.25, 0.3) is 5.82 Å². The van der Waals surface area contributed by atoms with Crippen LogP contribution < -0.4 is 5.43 Å². The van der Waals surface area contributed by atoms with Crippen molar-refractivity contribution in [2.24, 2.45) is 5.10 Å². The average molecular weight is 367 g/mol. The van der Waals surface area contributed by atoms with Gasteiger partial charge in [-0.1, -0.05) is 0 Å². The van der Waals surface area contributed by atoms with E-state index in [1.165, 1.54) is 0 Å². The molecule has 3 aromatic heterocycles. The van der Waals surface area contributed by atoms with Crippen LogP contribution >= 0.6 is 0 Å². The van der Waals surface area contributed by atoms with Gasteiger partial charge in [0.2, 0.25) is 0 Å². The lowest BCUT2D eigenvalue weighted by atomic mass is 10.2. The Morgan fingerprint density at radius 1 is 1.26 bits per heavy atom. The van der Waals surface area contributed by atoms with Gasteiger partial charge < -0.3 is 8.98 Å². The molecule has 0 aliphatic rings. The van der Waals surface area contributed by atoms with Crippen molar-refractivity contribution < 1.29 is 9.21 Å². The number of carbonyl (C=O) groups is 1. The van der Waals surface area contributed by atoms with Crippen LogP contribution in [0, 0.1) is 27.7 Å². The first-order chi connectivity index (χ1) is 12.8. The van der Waals surface area contributed by atoms with Crippen molar-refractivity contribution >= 4 is 12.1 Å². The van der Waals surface area contributed by atoms with E-state index in [0.29, 0.717) is 17.1 Å². The van der Waals surface area contributed by atoms with Gasteiger partial charge in [0.05, 0.1) is 18.0 Å². The quantitative estimate of drug-likeness (QED) is 0.550. The van der Waals surface area contributed by atoms with E-state index < -0.39 is 0 Å². The molecule has 0 atom stereocenters. The van der Waals surface area contributed by atoms with Crippen LogP contribution in [0.4, 0.5) is 0 Å². The highest BCUT2D eigenvalue weighted by Crippen LogP contribution is 2.21. The highest BCUT2D eigenvalue weighted by Gasteiger charge is 2.15. The van der Waals surface area contributed by atoms with Crippen molar-refractivity contribution in [2.75, 3.05) is 0 Å². The Morgan fingerprint density at radius 2 is 2.00 bits per heavy atom. The van der Waals surface area contributed by atoms with E-state index in [1.54, 1.807) is 25.4 Å². The molecule has 0 saturated carbocycles. The lowest BCUT2D eigenvalue weighted by molar-refractivity contribution is 0.0953. The molecule has 1 amide bonds. The van der Waals surface area contributed by atoms with E-state index in [9.17, 15) is 4.79 Å². The van der Waals surface area contributed by atoms with Gasteiger partial charge in [0.15, 0.2) is 0 Å². The fraction of sp³-hybridized carbons (Fsp3) is 0.350. The Bertz CT molecular complexity index is 1000. The maximum absolute atomic E-state index is 12.2. The number of hydrogen-bond donors (Lipinski definition) is 1. The molecule has 3 aromatic rings. The standard InChI is InChI=1S/C20H25N5O2/c1-12(2)25-19(7-8-22-25)24-13(3)9-17(15(24)5)11-21-23-20(26)18-10-14(4)27-16(18)6/h7-12H,1-6H3,(H,23,26)/b21-11-. The van der Waals surface area contributed by atoms with Gasteiger partial charge in [0.25, 0.3) is 5.91 Å². The van der Waals surface area contributed by atoms with Crippen LogP contribution in [0.3, 0.4) is 0 Å². The Hall–Kier alpha value is -3.09. The number of hydrogen-bond acceptors (Lipinski definition) is 4. The SMILES string of the molecule is Cc1cc(C(=O)N/N=C\c2cc(C)n(-c3ccnn3C(C)C)c2C)c(C)o1. The number of nitrogens with zero attached hydrogens (tertiary/aromatic N) is 4. The van der Waals surface area contributed by atoms with Crippen LogP contribution in [0.2, 0.25) is 0 Å². The van der Waals surface area contributed by atoms with E-state index >= 15 is 0 Å². The summed E-state index contributed by atoms with van der Waals surface area (Å²) in [7, 11) is 0. The minimum Gasteiger partial charge on any atom is -0.466 e. The second kappa shape index (κ2) is 7.26. The van der Waals surface area contributed by atoms with Crippen molar-refractivity contribution in [1.82, 2.24) is 19.8 Å². The third-order valence-electron chi connectivity index (χ3n) is 4.49. The number of nitrogens with one attached hydrogen (secondary N) is 1. The number of rotatable bonds is 5. The number of furan rings is 1. The number of hydrazone groups is 1. The minimum atomic E-state index is -0.285. The first-order valence-corrected chi connectivity index (χ1v) is 8.93. The largest absolute Gasteiger partial charge is 0.466 e. The lowest BCUT2D eigenvalue weighted by Crippen LogP contribution is -2.17. The minimum absolute atomic E-state index is 0.259. The molecule has 3 rings (SSSR count). The Kier molecular flexibility index (Phi) is 5.03. The molecule has 7 nitrogen and oxygen atoms in total. The maximum atomic E-state index is 12.2. The zero-order valence-electron chi connectivity index (χ0n) is 16.6. The third kappa shape index (κ3) is 3.58. The van der Waals surface area contributed by atoms with E-state index in [0.717, 1.165) is 22.8 Å². The maximum Gasteiger partial charge on any atom is 0.274 e. The average Bonchev–Trinajstić information content (AvgIpc) is 3.26. The smallest absolute Gasteiger partial charge is 0.274 e. The zero-order valence-corrected chi connectivity index (χ0v) is 16.6. The van der Waals surface area contributed by atoms with Gasteiger partial charge in [0.1, 0.15) is 17.3 Å². The molecule has 0 fully saturated rings. The molecular formula is C20H25N5O2. The molecule has 3 heterocycles. The Balaban J connectivity index is 1.82. The first-order valence-electron chi connectivity index (χ1n) is 8.93. The van der Waals surface area contributed by atoms with Crippen molar-refractivity contribution in [1.29, 1.82) is 0 Å². The molecule has 142 valence electrons. The van der Waals surface area contributed by atoms with Gasteiger partial charge in [-0.2, -0.15) is 10.2 Å². The lowest BCUT2D eigenvalue weighted by Gasteiger charge is -2.14. The number of amides is 1. The fourth-order valence-corrected chi connectivity index (χ4v) is 3.23. The topological polar surface area (TPSA) is 77.4 Å². The summed E-state index contributed by atoms with van der Waals surface area (Å²) in [6.07, 6.45) is 3.46. The monoisotopic (exact) mass is 367 g/mol. The summed E-state index contributed by atoms with van der Waals surface area (Å²) in [5.74, 6) is 2.01. The van der Waals surface area contributed by atoms with Gasteiger partial charge in [-0.25, -0.2) is 10.1 Å². The first kappa shape index (κ1) is 18.7. The van der Waals surface area contributed by atoms with Crippen LogP contribution in [0.5, 0.6) is 0 Å². The van der Waals surface area contributed by atoms with Crippen LogP contribution in [0.1, 0.15) is 58.7 Å². The van der Waals surface area contributed by atoms with Crippen LogP contribution in [-0.4, -0.2) is 26.5 Å². The molecule has 7 heteroatoms. The summed E-state index contributed by atoms with van der Waals surface area (Å²) in [6, 6.07) is 6.00.